The van der Waals surface area contributed by atoms with Crippen molar-refractivity contribution >= 4 is 22.6 Å². The zero-order chi connectivity index (χ0) is 20.8. The largest absolute Gasteiger partial charge is 0.459 e. The van der Waals surface area contributed by atoms with Gasteiger partial charge in [-0.15, -0.1) is 0 Å². The van der Waals surface area contributed by atoms with Crippen molar-refractivity contribution in [2.45, 2.75) is 65.9 Å². The molecule has 0 atom stereocenters. The molecule has 2 aromatic carbocycles. The van der Waals surface area contributed by atoms with Crippen molar-refractivity contribution in [2.24, 2.45) is 5.41 Å². The molecule has 0 heterocycles. The van der Waals surface area contributed by atoms with Crippen LogP contribution in [-0.4, -0.2) is 24.0 Å². The summed E-state index contributed by atoms with van der Waals surface area (Å²) < 4.78 is 5.35. The summed E-state index contributed by atoms with van der Waals surface area (Å²) in [6.07, 6.45) is 4.02. The third-order valence-corrected chi connectivity index (χ3v) is 4.72. The maximum atomic E-state index is 12.4. The molecule has 2 aromatic rings. The van der Waals surface area contributed by atoms with Crippen molar-refractivity contribution in [1.82, 2.24) is 5.32 Å². The number of ether oxygens (including phenoxy) is 1. The molecule has 0 aliphatic carbocycles. The van der Waals surface area contributed by atoms with E-state index in [0.29, 0.717) is 6.54 Å². The van der Waals surface area contributed by atoms with Gasteiger partial charge in [-0.05, 0) is 70.2 Å². The second-order valence-corrected chi connectivity index (χ2v) is 8.87. The zero-order valence-electron chi connectivity index (χ0n) is 17.8. The van der Waals surface area contributed by atoms with Crippen LogP contribution in [0, 0.1) is 5.41 Å². The maximum Gasteiger partial charge on any atom is 0.321 e. The molecule has 4 nitrogen and oxygen atoms in total. The number of nitrogens with one attached hydrogen (secondary N) is 1. The Labute approximate surface area is 168 Å². The van der Waals surface area contributed by atoms with Crippen LogP contribution in [0.15, 0.2) is 42.5 Å². The van der Waals surface area contributed by atoms with Gasteiger partial charge in [0.25, 0.3) is 0 Å². The molecule has 4 heteroatoms. The highest BCUT2D eigenvalue weighted by Gasteiger charge is 2.39. The van der Waals surface area contributed by atoms with Crippen molar-refractivity contribution in [1.29, 1.82) is 0 Å². The number of unbranched alkanes of at least 4 members (excludes halogenated alkanes) is 2. The fraction of sp³-hybridized carbons (Fsp3) is 0.500. The van der Waals surface area contributed by atoms with Gasteiger partial charge in [0.15, 0.2) is 0 Å². The SMILES string of the molecule is CC(C)(C)OC(=O)C(C)(C)C(=O)NCCCCCc1ccc2ccccc2c1. The van der Waals surface area contributed by atoms with E-state index in [1.54, 1.807) is 34.6 Å². The Morgan fingerprint density at radius 3 is 2.25 bits per heavy atom. The molecule has 0 unspecified atom stereocenters. The lowest BCUT2D eigenvalue weighted by Gasteiger charge is -2.27. The standard InChI is InChI=1S/C24H33NO3/c1-23(2,3)28-22(27)24(4,5)21(26)25-16-10-6-7-11-18-14-15-19-12-8-9-13-20(19)17-18/h8-9,12-15,17H,6-7,10-11,16H2,1-5H3,(H,25,26). The molecule has 0 aromatic heterocycles. The number of carbonyl (C=O) groups excluding carboxylic acids is 2. The van der Waals surface area contributed by atoms with Gasteiger partial charge in [-0.25, -0.2) is 0 Å². The van der Waals surface area contributed by atoms with Crippen molar-refractivity contribution in [2.75, 3.05) is 6.54 Å². The van der Waals surface area contributed by atoms with Crippen LogP contribution in [0.4, 0.5) is 0 Å². The van der Waals surface area contributed by atoms with Crippen LogP contribution >= 0.6 is 0 Å². The van der Waals surface area contributed by atoms with Gasteiger partial charge in [0.05, 0.1) is 0 Å². The summed E-state index contributed by atoms with van der Waals surface area (Å²) in [7, 11) is 0. The van der Waals surface area contributed by atoms with Gasteiger partial charge in [-0.3, -0.25) is 9.59 Å². The Kier molecular flexibility index (Phi) is 7.22. The minimum atomic E-state index is -1.18. The number of amides is 1. The Morgan fingerprint density at radius 2 is 1.57 bits per heavy atom. The van der Waals surface area contributed by atoms with E-state index in [9.17, 15) is 9.59 Å². The first-order chi connectivity index (χ1) is 13.1. The van der Waals surface area contributed by atoms with Gasteiger partial charge < -0.3 is 10.1 Å². The molecular formula is C24H33NO3. The Morgan fingerprint density at radius 1 is 0.893 bits per heavy atom. The van der Waals surface area contributed by atoms with Crippen LogP contribution in [-0.2, 0) is 20.7 Å². The highest BCUT2D eigenvalue weighted by molar-refractivity contribution is 6.01. The van der Waals surface area contributed by atoms with E-state index >= 15 is 0 Å². The summed E-state index contributed by atoms with van der Waals surface area (Å²) >= 11 is 0. The molecule has 2 rings (SSSR count). The average molecular weight is 384 g/mol. The van der Waals surface area contributed by atoms with Gasteiger partial charge in [-0.2, -0.15) is 0 Å². The summed E-state index contributed by atoms with van der Waals surface area (Å²) in [5.74, 6) is -0.773. The Balaban J connectivity index is 1.70. The number of fused-ring (bicyclic) bond motifs is 1. The maximum absolute atomic E-state index is 12.4. The van der Waals surface area contributed by atoms with Crippen LogP contribution in [0.3, 0.4) is 0 Å². The van der Waals surface area contributed by atoms with E-state index in [2.05, 4.69) is 47.8 Å². The number of esters is 1. The Hall–Kier alpha value is -2.36. The molecule has 152 valence electrons. The minimum absolute atomic E-state index is 0.281. The highest BCUT2D eigenvalue weighted by Crippen LogP contribution is 2.22. The smallest absolute Gasteiger partial charge is 0.321 e. The lowest BCUT2D eigenvalue weighted by molar-refractivity contribution is -0.168. The zero-order valence-corrected chi connectivity index (χ0v) is 17.8. The van der Waals surface area contributed by atoms with Gasteiger partial charge in [0.2, 0.25) is 5.91 Å². The normalized spacial score (nSPS) is 12.0. The van der Waals surface area contributed by atoms with E-state index < -0.39 is 17.0 Å². The highest BCUT2D eigenvalue weighted by atomic mass is 16.6. The molecule has 1 N–H and O–H groups in total. The van der Waals surface area contributed by atoms with Crippen LogP contribution < -0.4 is 5.32 Å². The number of rotatable bonds is 8. The molecule has 0 aliphatic rings. The third kappa shape index (κ3) is 6.36. The van der Waals surface area contributed by atoms with Crippen LogP contribution in [0.2, 0.25) is 0 Å². The van der Waals surface area contributed by atoms with E-state index in [-0.39, 0.29) is 5.91 Å². The van der Waals surface area contributed by atoms with Crippen LogP contribution in [0.1, 0.15) is 59.4 Å². The number of aryl methyl sites for hydroxylation is 1. The van der Waals surface area contributed by atoms with Gasteiger partial charge >= 0.3 is 5.97 Å². The second-order valence-electron chi connectivity index (χ2n) is 8.87. The number of hydrogen-bond acceptors (Lipinski definition) is 3. The monoisotopic (exact) mass is 383 g/mol. The van der Waals surface area contributed by atoms with Crippen LogP contribution in [0.25, 0.3) is 10.8 Å². The number of hydrogen-bond donors (Lipinski definition) is 1. The first-order valence-corrected chi connectivity index (χ1v) is 10.1. The number of carbonyl (C=O) groups is 2. The predicted octanol–water partition coefficient (Wildman–Crippen LogP) is 5.04. The first kappa shape index (κ1) is 21.9. The quantitative estimate of drug-likeness (QED) is 0.395. The summed E-state index contributed by atoms with van der Waals surface area (Å²) in [6.45, 7) is 9.19. The molecular weight excluding hydrogens is 350 g/mol. The van der Waals surface area contributed by atoms with Gasteiger partial charge in [0.1, 0.15) is 11.0 Å². The predicted molar refractivity (Wildman–Crippen MR) is 114 cm³/mol. The Bertz CT molecular complexity index is 818. The molecule has 0 saturated carbocycles. The van der Waals surface area contributed by atoms with Crippen molar-refractivity contribution in [3.05, 3.63) is 48.0 Å². The molecule has 1 amide bonds. The van der Waals surface area contributed by atoms with Crippen molar-refractivity contribution < 1.29 is 14.3 Å². The summed E-state index contributed by atoms with van der Waals surface area (Å²) in [6, 6.07) is 15.0. The second kappa shape index (κ2) is 9.22. The minimum Gasteiger partial charge on any atom is -0.459 e. The molecule has 0 bridgehead atoms. The third-order valence-electron chi connectivity index (χ3n) is 4.72. The topological polar surface area (TPSA) is 55.4 Å². The fourth-order valence-electron chi connectivity index (χ4n) is 2.95. The summed E-state index contributed by atoms with van der Waals surface area (Å²) in [4.78, 5) is 24.6. The molecule has 0 fully saturated rings. The molecule has 0 radical (unpaired) electrons. The fourth-order valence-corrected chi connectivity index (χ4v) is 2.95. The van der Waals surface area contributed by atoms with E-state index in [1.807, 2.05) is 0 Å². The van der Waals surface area contributed by atoms with E-state index in [1.165, 1.54) is 16.3 Å². The number of benzene rings is 2. The van der Waals surface area contributed by atoms with E-state index in [4.69, 9.17) is 4.74 Å². The van der Waals surface area contributed by atoms with Crippen molar-refractivity contribution in [3.63, 3.8) is 0 Å². The van der Waals surface area contributed by atoms with Gasteiger partial charge in [0, 0.05) is 6.54 Å². The molecule has 0 saturated heterocycles. The molecule has 28 heavy (non-hydrogen) atoms. The van der Waals surface area contributed by atoms with Crippen LogP contribution in [0.5, 0.6) is 0 Å². The summed E-state index contributed by atoms with van der Waals surface area (Å²) in [5, 5.41) is 5.41. The molecule has 0 aliphatic heterocycles. The first-order valence-electron chi connectivity index (χ1n) is 10.1. The summed E-state index contributed by atoms with van der Waals surface area (Å²) in [5.41, 5.74) is -0.440. The average Bonchev–Trinajstić information content (AvgIpc) is 2.62. The molecule has 0 spiro atoms. The lowest BCUT2D eigenvalue weighted by Crippen LogP contribution is -2.45. The van der Waals surface area contributed by atoms with Gasteiger partial charge in [-0.1, -0.05) is 48.9 Å². The van der Waals surface area contributed by atoms with E-state index in [0.717, 1.165) is 25.7 Å². The lowest BCUT2D eigenvalue weighted by atomic mass is 9.92. The van der Waals surface area contributed by atoms with Crippen molar-refractivity contribution in [3.8, 4) is 0 Å².